The van der Waals surface area contributed by atoms with Crippen molar-refractivity contribution in [3.8, 4) is 16.9 Å². The molecule has 0 atom stereocenters. The Morgan fingerprint density at radius 3 is 2.78 bits per heavy atom. The summed E-state index contributed by atoms with van der Waals surface area (Å²) in [5, 5.41) is 11.4. The van der Waals surface area contributed by atoms with E-state index in [1.54, 1.807) is 11.7 Å². The van der Waals surface area contributed by atoms with Gasteiger partial charge in [0.1, 0.15) is 16.4 Å². The van der Waals surface area contributed by atoms with Gasteiger partial charge in [-0.1, -0.05) is 18.6 Å². The minimum atomic E-state index is -0.865. The van der Waals surface area contributed by atoms with Gasteiger partial charge in [0.15, 0.2) is 0 Å². The summed E-state index contributed by atoms with van der Waals surface area (Å²) in [6.07, 6.45) is 1.03. The van der Waals surface area contributed by atoms with Crippen molar-refractivity contribution in [2.24, 2.45) is 0 Å². The first kappa shape index (κ1) is 19.1. The number of nitrogens with zero attached hydrogens (tertiary/aromatic N) is 2. The largest absolute Gasteiger partial charge is 0.496 e. The van der Waals surface area contributed by atoms with Crippen molar-refractivity contribution in [3.05, 3.63) is 45.3 Å². The number of ether oxygens (including phenoxy) is 1. The van der Waals surface area contributed by atoms with E-state index in [1.165, 1.54) is 11.3 Å². The monoisotopic (exact) mass is 386 g/mol. The van der Waals surface area contributed by atoms with Crippen LogP contribution in [0.5, 0.6) is 5.75 Å². The van der Waals surface area contributed by atoms with Crippen LogP contribution in [0.2, 0.25) is 0 Å². The summed E-state index contributed by atoms with van der Waals surface area (Å²) >= 11 is 1.44. The topological polar surface area (TPSA) is 81.4 Å². The Balaban J connectivity index is 2.19. The molecule has 0 fully saturated rings. The van der Waals surface area contributed by atoms with Gasteiger partial charge in [-0.15, -0.1) is 11.3 Å². The molecule has 2 aromatic heterocycles. The minimum Gasteiger partial charge on any atom is -0.496 e. The van der Waals surface area contributed by atoms with Crippen molar-refractivity contribution < 1.29 is 14.6 Å². The van der Waals surface area contributed by atoms with E-state index in [-0.39, 0.29) is 12.0 Å². The number of aryl methyl sites for hydroxylation is 2. The fourth-order valence-corrected chi connectivity index (χ4v) is 4.13. The summed E-state index contributed by atoms with van der Waals surface area (Å²) in [6.45, 7) is 4.28. The summed E-state index contributed by atoms with van der Waals surface area (Å²) in [5.41, 5.74) is 2.62. The van der Waals surface area contributed by atoms with Crippen LogP contribution in [0.1, 0.15) is 31.2 Å². The van der Waals surface area contributed by atoms with Gasteiger partial charge in [-0.25, -0.2) is 4.98 Å². The van der Waals surface area contributed by atoms with Gasteiger partial charge in [-0.3, -0.25) is 14.2 Å². The van der Waals surface area contributed by atoms with E-state index in [0.29, 0.717) is 41.2 Å². The van der Waals surface area contributed by atoms with Gasteiger partial charge in [0.05, 0.1) is 12.5 Å². The Morgan fingerprint density at radius 2 is 2.11 bits per heavy atom. The quantitative estimate of drug-likeness (QED) is 0.667. The number of carboxylic acid groups (broad SMARTS) is 1. The fourth-order valence-electron chi connectivity index (χ4n) is 3.19. The number of aliphatic carboxylic acids is 1. The summed E-state index contributed by atoms with van der Waals surface area (Å²) in [4.78, 5) is 29.5. The lowest BCUT2D eigenvalue weighted by Crippen LogP contribution is -2.25. The molecule has 2 heterocycles. The van der Waals surface area contributed by atoms with Crippen molar-refractivity contribution in [2.45, 2.75) is 39.7 Å². The predicted molar refractivity (Wildman–Crippen MR) is 107 cm³/mol. The Morgan fingerprint density at radius 1 is 1.33 bits per heavy atom. The molecule has 0 unspecified atom stereocenters. The summed E-state index contributed by atoms with van der Waals surface area (Å²) in [6, 6.07) is 5.87. The highest BCUT2D eigenvalue weighted by Crippen LogP contribution is 2.37. The third kappa shape index (κ3) is 3.73. The van der Waals surface area contributed by atoms with E-state index >= 15 is 0 Å². The van der Waals surface area contributed by atoms with Crippen LogP contribution in [0, 0.1) is 6.92 Å². The molecule has 0 aliphatic heterocycles. The molecule has 27 heavy (non-hydrogen) atoms. The molecule has 0 bridgehead atoms. The molecule has 0 amide bonds. The number of methoxy groups -OCH3 is 1. The zero-order valence-electron chi connectivity index (χ0n) is 15.6. The highest BCUT2D eigenvalue weighted by Gasteiger charge is 2.18. The molecule has 0 saturated carbocycles. The molecule has 142 valence electrons. The molecule has 0 aliphatic carbocycles. The molecule has 6 nitrogen and oxygen atoms in total. The lowest BCUT2D eigenvalue weighted by atomic mass is 10.0. The first-order valence-electron chi connectivity index (χ1n) is 8.84. The molecule has 1 aromatic carbocycles. The van der Waals surface area contributed by atoms with E-state index in [2.05, 4.69) is 4.98 Å². The van der Waals surface area contributed by atoms with Gasteiger partial charge in [0.2, 0.25) is 0 Å². The SMILES string of the molecule is CCc1nc2scc(-c3cc(C)ccc3OC)c2c(=O)n1CCCC(=O)O. The highest BCUT2D eigenvalue weighted by atomic mass is 32.1. The predicted octanol–water partition coefficient (Wildman–Crippen LogP) is 3.87. The van der Waals surface area contributed by atoms with Crippen molar-refractivity contribution in [1.29, 1.82) is 0 Å². The second-order valence-corrected chi connectivity index (χ2v) is 7.23. The van der Waals surface area contributed by atoms with E-state index in [4.69, 9.17) is 9.84 Å². The Hall–Kier alpha value is -2.67. The number of benzene rings is 1. The van der Waals surface area contributed by atoms with Gasteiger partial charge in [0, 0.05) is 35.9 Å². The van der Waals surface area contributed by atoms with E-state index in [1.807, 2.05) is 37.4 Å². The van der Waals surface area contributed by atoms with Crippen LogP contribution in [0.4, 0.5) is 0 Å². The van der Waals surface area contributed by atoms with E-state index in [0.717, 1.165) is 16.7 Å². The third-order valence-electron chi connectivity index (χ3n) is 4.51. The maximum atomic E-state index is 13.3. The molecular weight excluding hydrogens is 364 g/mol. The maximum Gasteiger partial charge on any atom is 0.303 e. The third-order valence-corrected chi connectivity index (χ3v) is 5.38. The standard InChI is InChI=1S/C20H22N2O4S/c1-4-16-21-19-18(20(25)22(16)9-5-6-17(23)24)14(11-27-19)13-10-12(2)7-8-15(13)26-3/h7-8,10-11H,4-6,9H2,1-3H3,(H,23,24). The number of hydrogen-bond donors (Lipinski definition) is 1. The second kappa shape index (κ2) is 7.92. The van der Waals surface area contributed by atoms with Crippen LogP contribution in [0.25, 0.3) is 21.3 Å². The van der Waals surface area contributed by atoms with Crippen molar-refractivity contribution in [2.75, 3.05) is 7.11 Å². The molecule has 3 aromatic rings. The number of thiophene rings is 1. The van der Waals surface area contributed by atoms with Crippen molar-refractivity contribution >= 4 is 27.5 Å². The lowest BCUT2D eigenvalue weighted by molar-refractivity contribution is -0.137. The maximum absolute atomic E-state index is 13.3. The number of carboxylic acids is 1. The molecule has 0 radical (unpaired) electrons. The minimum absolute atomic E-state index is 0.0236. The Kier molecular flexibility index (Phi) is 5.60. The number of rotatable bonds is 7. The first-order valence-corrected chi connectivity index (χ1v) is 9.72. The first-order chi connectivity index (χ1) is 13.0. The second-order valence-electron chi connectivity index (χ2n) is 6.37. The normalized spacial score (nSPS) is 11.1. The summed E-state index contributed by atoms with van der Waals surface area (Å²) in [7, 11) is 1.61. The van der Waals surface area contributed by atoms with Crippen LogP contribution in [-0.4, -0.2) is 27.7 Å². The van der Waals surface area contributed by atoms with Gasteiger partial charge in [0.25, 0.3) is 5.56 Å². The fraction of sp³-hybridized carbons (Fsp3) is 0.350. The van der Waals surface area contributed by atoms with Crippen LogP contribution >= 0.6 is 11.3 Å². The van der Waals surface area contributed by atoms with E-state index in [9.17, 15) is 9.59 Å². The Labute approximate surface area is 161 Å². The van der Waals surface area contributed by atoms with E-state index < -0.39 is 5.97 Å². The zero-order chi connectivity index (χ0) is 19.6. The molecule has 0 aliphatic rings. The van der Waals surface area contributed by atoms with Gasteiger partial charge in [-0.2, -0.15) is 0 Å². The molecule has 0 saturated heterocycles. The smallest absolute Gasteiger partial charge is 0.303 e. The van der Waals surface area contributed by atoms with Crippen molar-refractivity contribution in [3.63, 3.8) is 0 Å². The molecule has 3 rings (SSSR count). The van der Waals surface area contributed by atoms with Gasteiger partial charge >= 0.3 is 5.97 Å². The molecular formula is C20H22N2O4S. The molecule has 1 N–H and O–H groups in total. The zero-order valence-corrected chi connectivity index (χ0v) is 16.4. The van der Waals surface area contributed by atoms with Crippen LogP contribution in [0.15, 0.2) is 28.4 Å². The number of fused-ring (bicyclic) bond motifs is 1. The van der Waals surface area contributed by atoms with Crippen molar-refractivity contribution in [1.82, 2.24) is 9.55 Å². The molecule has 7 heteroatoms. The van der Waals surface area contributed by atoms with Crippen LogP contribution in [-0.2, 0) is 17.8 Å². The Bertz CT molecular complexity index is 1050. The number of carbonyl (C=O) groups is 1. The number of aromatic nitrogens is 2. The average molecular weight is 386 g/mol. The number of hydrogen-bond acceptors (Lipinski definition) is 5. The summed E-state index contributed by atoms with van der Waals surface area (Å²) < 4.78 is 7.10. The van der Waals surface area contributed by atoms with Gasteiger partial charge < -0.3 is 9.84 Å². The van der Waals surface area contributed by atoms with Crippen LogP contribution in [0.3, 0.4) is 0 Å². The lowest BCUT2D eigenvalue weighted by Gasteiger charge is -2.12. The summed E-state index contributed by atoms with van der Waals surface area (Å²) in [5.74, 6) is 0.523. The highest BCUT2D eigenvalue weighted by molar-refractivity contribution is 7.17. The average Bonchev–Trinajstić information content (AvgIpc) is 3.07. The van der Waals surface area contributed by atoms with Crippen LogP contribution < -0.4 is 10.3 Å². The molecule has 0 spiro atoms. The van der Waals surface area contributed by atoms with Gasteiger partial charge in [-0.05, 0) is 25.5 Å².